The van der Waals surface area contributed by atoms with Crippen LogP contribution in [0.5, 0.6) is 0 Å². The summed E-state index contributed by atoms with van der Waals surface area (Å²) in [5.41, 5.74) is 3.83. The highest BCUT2D eigenvalue weighted by molar-refractivity contribution is 6.35. The van der Waals surface area contributed by atoms with Gasteiger partial charge in [-0.15, -0.1) is 0 Å². The van der Waals surface area contributed by atoms with Crippen molar-refractivity contribution < 1.29 is 4.42 Å². The lowest BCUT2D eigenvalue weighted by molar-refractivity contribution is 0.224. The lowest BCUT2D eigenvalue weighted by Crippen LogP contribution is -2.30. The summed E-state index contributed by atoms with van der Waals surface area (Å²) in [6.45, 7) is 2.36. The van der Waals surface area contributed by atoms with E-state index in [9.17, 15) is 0 Å². The van der Waals surface area contributed by atoms with Gasteiger partial charge in [0.1, 0.15) is 17.8 Å². The van der Waals surface area contributed by atoms with Gasteiger partial charge in [-0.25, -0.2) is 19.9 Å². The number of hydrogen-bond acceptors (Lipinski definition) is 6. The topological polar surface area (TPSA) is 67.9 Å². The van der Waals surface area contributed by atoms with Crippen LogP contribution in [-0.2, 0) is 19.5 Å². The molecule has 0 bridgehead atoms. The fraction of sp³-hybridized carbons (Fsp3) is 0.182. The Hall–Kier alpha value is -2.80. The third-order valence-corrected chi connectivity index (χ3v) is 5.63. The van der Waals surface area contributed by atoms with E-state index in [1.165, 1.54) is 6.33 Å². The molecule has 8 heteroatoms. The van der Waals surface area contributed by atoms with Gasteiger partial charge in [-0.3, -0.25) is 4.90 Å². The van der Waals surface area contributed by atoms with Crippen LogP contribution in [-0.4, -0.2) is 31.4 Å². The van der Waals surface area contributed by atoms with Gasteiger partial charge in [-0.1, -0.05) is 23.2 Å². The molecular weight excluding hydrogens is 421 g/mol. The van der Waals surface area contributed by atoms with Gasteiger partial charge in [0.25, 0.3) is 0 Å². The Kier molecular flexibility index (Phi) is 5.21. The van der Waals surface area contributed by atoms with Crippen molar-refractivity contribution in [2.24, 2.45) is 0 Å². The Morgan fingerprint density at radius 1 is 1.03 bits per heavy atom. The summed E-state index contributed by atoms with van der Waals surface area (Å²) >= 11 is 12.4. The fourth-order valence-electron chi connectivity index (χ4n) is 3.58. The smallest absolute Gasteiger partial charge is 0.162 e. The molecule has 0 saturated heterocycles. The quantitative estimate of drug-likeness (QED) is 0.444. The van der Waals surface area contributed by atoms with Crippen LogP contribution < -0.4 is 0 Å². The molecule has 0 spiro atoms. The van der Waals surface area contributed by atoms with Gasteiger partial charge in [0.05, 0.1) is 22.8 Å². The lowest BCUT2D eigenvalue weighted by atomic mass is 10.1. The van der Waals surface area contributed by atoms with Crippen LogP contribution in [0.15, 0.2) is 59.7 Å². The van der Waals surface area contributed by atoms with Crippen molar-refractivity contribution in [2.45, 2.75) is 19.5 Å². The van der Waals surface area contributed by atoms with Crippen molar-refractivity contribution in [1.29, 1.82) is 0 Å². The molecule has 1 aliphatic rings. The zero-order valence-electron chi connectivity index (χ0n) is 15.9. The third-order valence-electron chi connectivity index (χ3n) is 5.07. The monoisotopic (exact) mass is 437 g/mol. The second-order valence-electron chi connectivity index (χ2n) is 7.14. The molecule has 6 nitrogen and oxygen atoms in total. The summed E-state index contributed by atoms with van der Waals surface area (Å²) in [7, 11) is 0. The van der Waals surface area contributed by atoms with E-state index >= 15 is 0 Å². The Morgan fingerprint density at radius 3 is 2.77 bits per heavy atom. The predicted molar refractivity (Wildman–Crippen MR) is 115 cm³/mol. The maximum absolute atomic E-state index is 6.29. The third kappa shape index (κ3) is 3.94. The van der Waals surface area contributed by atoms with E-state index in [0.29, 0.717) is 28.2 Å². The van der Waals surface area contributed by atoms with E-state index in [-0.39, 0.29) is 0 Å². The molecule has 30 heavy (non-hydrogen) atoms. The number of benzene rings is 1. The van der Waals surface area contributed by atoms with Crippen LogP contribution in [0.25, 0.3) is 22.7 Å². The number of furan rings is 1. The number of fused-ring (bicyclic) bond motifs is 1. The van der Waals surface area contributed by atoms with Gasteiger partial charge < -0.3 is 4.42 Å². The second-order valence-corrected chi connectivity index (χ2v) is 7.99. The summed E-state index contributed by atoms with van der Waals surface area (Å²) in [4.78, 5) is 19.6. The highest BCUT2D eigenvalue weighted by atomic mass is 35.5. The van der Waals surface area contributed by atoms with Crippen molar-refractivity contribution in [3.63, 3.8) is 0 Å². The van der Waals surface area contributed by atoms with Crippen molar-refractivity contribution >= 4 is 23.2 Å². The van der Waals surface area contributed by atoms with Crippen molar-refractivity contribution in [3.8, 4) is 22.7 Å². The van der Waals surface area contributed by atoms with Gasteiger partial charge >= 0.3 is 0 Å². The van der Waals surface area contributed by atoms with Crippen LogP contribution >= 0.6 is 23.2 Å². The minimum Gasteiger partial charge on any atom is -0.460 e. The lowest BCUT2D eigenvalue weighted by Gasteiger charge is -2.27. The molecule has 5 rings (SSSR count). The van der Waals surface area contributed by atoms with E-state index in [1.807, 2.05) is 24.4 Å². The van der Waals surface area contributed by atoms with Gasteiger partial charge in [-0.05, 0) is 30.3 Å². The molecule has 1 aromatic carbocycles. The molecule has 0 N–H and O–H groups in total. The highest BCUT2D eigenvalue weighted by Crippen LogP contribution is 2.32. The Bertz CT molecular complexity index is 1200. The molecule has 4 heterocycles. The first-order chi connectivity index (χ1) is 14.7. The van der Waals surface area contributed by atoms with Gasteiger partial charge in [-0.2, -0.15) is 0 Å². The first kappa shape index (κ1) is 19.2. The second kappa shape index (κ2) is 8.14. The molecule has 0 fully saturated rings. The number of hydrogen-bond donors (Lipinski definition) is 0. The Labute approximate surface area is 183 Å². The van der Waals surface area contributed by atoms with Gasteiger partial charge in [0.15, 0.2) is 5.82 Å². The molecule has 0 amide bonds. The van der Waals surface area contributed by atoms with E-state index < -0.39 is 0 Å². The van der Waals surface area contributed by atoms with Gasteiger partial charge in [0, 0.05) is 54.3 Å². The van der Waals surface area contributed by atoms with Crippen molar-refractivity contribution in [3.05, 3.63) is 82.3 Å². The number of aromatic nitrogens is 4. The minimum atomic E-state index is 0.615. The maximum Gasteiger partial charge on any atom is 0.162 e. The summed E-state index contributed by atoms with van der Waals surface area (Å²) in [5.74, 6) is 2.26. The normalized spacial score (nSPS) is 13.9. The van der Waals surface area contributed by atoms with Crippen LogP contribution in [0, 0.1) is 0 Å². The van der Waals surface area contributed by atoms with E-state index in [4.69, 9.17) is 32.6 Å². The summed E-state index contributed by atoms with van der Waals surface area (Å²) < 4.78 is 6.04. The molecule has 150 valence electrons. The molecule has 3 aromatic heterocycles. The molecule has 0 saturated carbocycles. The number of nitrogens with zero attached hydrogens (tertiary/aromatic N) is 5. The predicted octanol–water partition coefficient (Wildman–Crippen LogP) is 5.06. The zero-order valence-corrected chi connectivity index (χ0v) is 17.4. The average molecular weight is 438 g/mol. The summed E-state index contributed by atoms with van der Waals surface area (Å²) in [5, 5.41) is 1.24. The molecule has 0 radical (unpaired) electrons. The zero-order chi connectivity index (χ0) is 20.5. The van der Waals surface area contributed by atoms with E-state index in [0.717, 1.165) is 47.7 Å². The van der Waals surface area contributed by atoms with E-state index in [1.54, 1.807) is 24.5 Å². The highest BCUT2D eigenvalue weighted by Gasteiger charge is 2.20. The molecule has 0 atom stereocenters. The summed E-state index contributed by atoms with van der Waals surface area (Å²) in [6.07, 6.45) is 7.71. The number of rotatable bonds is 4. The molecule has 1 aliphatic heterocycles. The van der Waals surface area contributed by atoms with Crippen LogP contribution in [0.2, 0.25) is 10.0 Å². The van der Waals surface area contributed by atoms with Crippen molar-refractivity contribution in [2.75, 3.05) is 6.54 Å². The molecular formula is C22H17Cl2N5O. The SMILES string of the molecule is Clc1ccc(Cl)c(-c2ccc(CN3CCc4nc(-c5cncnc5)ncc4C3)o2)c1. The standard InChI is InChI=1S/C22H17Cl2N5O/c23-16-1-3-19(24)18(7-16)21-4-2-17(30-21)12-29-6-5-20-15(11-29)10-27-22(28-20)14-8-25-13-26-9-14/h1-4,7-10,13H,5-6,11-12H2. The fourth-order valence-corrected chi connectivity index (χ4v) is 3.96. The first-order valence-corrected chi connectivity index (χ1v) is 10.3. The minimum absolute atomic E-state index is 0.615. The first-order valence-electron chi connectivity index (χ1n) is 9.52. The van der Waals surface area contributed by atoms with Crippen molar-refractivity contribution in [1.82, 2.24) is 24.8 Å². The maximum atomic E-state index is 6.29. The molecule has 4 aromatic rings. The number of halogens is 2. The van der Waals surface area contributed by atoms with Gasteiger partial charge in [0.2, 0.25) is 0 Å². The molecule has 0 aliphatic carbocycles. The largest absolute Gasteiger partial charge is 0.460 e. The molecule has 0 unspecified atom stereocenters. The summed E-state index contributed by atoms with van der Waals surface area (Å²) in [6, 6.07) is 9.27. The van der Waals surface area contributed by atoms with Crippen LogP contribution in [0.3, 0.4) is 0 Å². The average Bonchev–Trinajstić information content (AvgIpc) is 3.24. The Balaban J connectivity index is 1.30. The Morgan fingerprint density at radius 2 is 1.90 bits per heavy atom. The van der Waals surface area contributed by atoms with E-state index in [2.05, 4.69) is 19.9 Å². The van der Waals surface area contributed by atoms with Crippen LogP contribution in [0.4, 0.5) is 0 Å². The van der Waals surface area contributed by atoms with Crippen LogP contribution in [0.1, 0.15) is 17.0 Å².